The van der Waals surface area contributed by atoms with Crippen molar-refractivity contribution < 1.29 is 22.3 Å². The van der Waals surface area contributed by atoms with Gasteiger partial charge in [0.05, 0.1) is 24.6 Å². The number of amides is 1. The van der Waals surface area contributed by atoms with Gasteiger partial charge in [0.1, 0.15) is 5.82 Å². The van der Waals surface area contributed by atoms with E-state index in [2.05, 4.69) is 0 Å². The minimum atomic E-state index is -3.88. The van der Waals surface area contributed by atoms with Gasteiger partial charge in [-0.15, -0.1) is 11.3 Å². The number of hydrogen-bond donors (Lipinski definition) is 0. The molecule has 2 aromatic rings. The lowest BCUT2D eigenvalue weighted by molar-refractivity contribution is -0.132. The zero-order valence-electron chi connectivity index (χ0n) is 14.6. The van der Waals surface area contributed by atoms with Crippen molar-refractivity contribution in [2.45, 2.75) is 11.4 Å². The zero-order valence-corrected chi connectivity index (χ0v) is 16.2. The Hall–Kier alpha value is -1.81. The maximum Gasteiger partial charge on any atom is 0.243 e. The van der Waals surface area contributed by atoms with Gasteiger partial charge >= 0.3 is 0 Å². The average molecular weight is 400 g/mol. The molecule has 0 aliphatic rings. The standard InChI is InChI=1S/C17H21FN2O4S2/c1-19(26(22,23)16-7-5-14(18)6-8-16)13-17(21)20(9-10-24-2)12-15-4-3-11-25-15/h3-8,11H,9-10,12-13H2,1-2H3. The predicted octanol–water partition coefficient (Wildman–Crippen LogP) is 2.18. The molecule has 26 heavy (non-hydrogen) atoms. The van der Waals surface area contributed by atoms with E-state index in [9.17, 15) is 17.6 Å². The third kappa shape index (κ3) is 5.34. The third-order valence-electron chi connectivity index (χ3n) is 3.72. The molecule has 0 atom stereocenters. The fourth-order valence-corrected chi connectivity index (χ4v) is 4.09. The summed E-state index contributed by atoms with van der Waals surface area (Å²) in [5.41, 5.74) is 0. The van der Waals surface area contributed by atoms with Gasteiger partial charge in [0.2, 0.25) is 15.9 Å². The Morgan fingerprint density at radius 3 is 2.50 bits per heavy atom. The molecule has 6 nitrogen and oxygen atoms in total. The van der Waals surface area contributed by atoms with E-state index in [4.69, 9.17) is 4.74 Å². The molecule has 1 aromatic heterocycles. The number of likely N-dealkylation sites (N-methyl/N-ethyl adjacent to an activating group) is 1. The lowest BCUT2D eigenvalue weighted by Gasteiger charge is -2.25. The molecular formula is C17H21FN2O4S2. The van der Waals surface area contributed by atoms with Crippen LogP contribution in [0, 0.1) is 5.82 Å². The van der Waals surface area contributed by atoms with Crippen LogP contribution in [0.15, 0.2) is 46.7 Å². The van der Waals surface area contributed by atoms with Crippen molar-refractivity contribution in [3.05, 3.63) is 52.5 Å². The van der Waals surface area contributed by atoms with E-state index in [1.54, 1.807) is 12.0 Å². The van der Waals surface area contributed by atoms with Crippen molar-refractivity contribution in [2.75, 3.05) is 33.9 Å². The first-order valence-corrected chi connectivity index (χ1v) is 10.2. The van der Waals surface area contributed by atoms with E-state index in [1.807, 2.05) is 17.5 Å². The molecule has 0 spiro atoms. The molecule has 142 valence electrons. The van der Waals surface area contributed by atoms with Gasteiger partial charge in [-0.05, 0) is 35.7 Å². The highest BCUT2D eigenvalue weighted by Gasteiger charge is 2.25. The number of rotatable bonds is 9. The summed E-state index contributed by atoms with van der Waals surface area (Å²) in [6.07, 6.45) is 0. The number of sulfonamides is 1. The Labute approximate surface area is 156 Å². The number of ether oxygens (including phenoxy) is 1. The quantitative estimate of drug-likeness (QED) is 0.647. The first-order valence-electron chi connectivity index (χ1n) is 7.85. The minimum absolute atomic E-state index is 0.0594. The fraction of sp³-hybridized carbons (Fsp3) is 0.353. The molecule has 1 heterocycles. The van der Waals surface area contributed by atoms with Crippen molar-refractivity contribution in [3.8, 4) is 0 Å². The number of carbonyl (C=O) groups excluding carboxylic acids is 1. The second-order valence-corrected chi connectivity index (χ2v) is 8.68. The number of carbonyl (C=O) groups is 1. The smallest absolute Gasteiger partial charge is 0.243 e. The van der Waals surface area contributed by atoms with Gasteiger partial charge in [-0.25, -0.2) is 12.8 Å². The number of nitrogens with zero attached hydrogens (tertiary/aromatic N) is 2. The number of halogens is 1. The van der Waals surface area contributed by atoms with Crippen molar-refractivity contribution in [1.82, 2.24) is 9.21 Å². The van der Waals surface area contributed by atoms with Gasteiger partial charge in [-0.3, -0.25) is 4.79 Å². The Balaban J connectivity index is 2.09. The van der Waals surface area contributed by atoms with Crippen molar-refractivity contribution in [1.29, 1.82) is 0 Å². The number of benzene rings is 1. The van der Waals surface area contributed by atoms with Crippen LogP contribution in [-0.4, -0.2) is 57.4 Å². The van der Waals surface area contributed by atoms with Crippen molar-refractivity contribution in [2.24, 2.45) is 0 Å². The number of thiophene rings is 1. The van der Waals surface area contributed by atoms with E-state index in [0.29, 0.717) is 19.7 Å². The van der Waals surface area contributed by atoms with Gasteiger partial charge in [0.15, 0.2) is 0 Å². The van der Waals surface area contributed by atoms with Crippen LogP contribution in [0.4, 0.5) is 4.39 Å². The summed E-state index contributed by atoms with van der Waals surface area (Å²) < 4.78 is 44.1. The van der Waals surface area contributed by atoms with Gasteiger partial charge in [-0.1, -0.05) is 6.07 Å². The molecule has 0 N–H and O–H groups in total. The van der Waals surface area contributed by atoms with Crippen LogP contribution in [0.25, 0.3) is 0 Å². The molecule has 0 fully saturated rings. The molecule has 1 aromatic carbocycles. The molecule has 0 unspecified atom stereocenters. The van der Waals surface area contributed by atoms with Crippen LogP contribution in [0.2, 0.25) is 0 Å². The first kappa shape index (κ1) is 20.5. The fourth-order valence-electron chi connectivity index (χ4n) is 2.25. The topological polar surface area (TPSA) is 66.9 Å². The van der Waals surface area contributed by atoms with Crippen LogP contribution in [-0.2, 0) is 26.1 Å². The molecule has 0 aliphatic carbocycles. The lowest BCUT2D eigenvalue weighted by atomic mass is 10.3. The molecule has 1 amide bonds. The van der Waals surface area contributed by atoms with E-state index in [-0.39, 0.29) is 17.3 Å². The Kier molecular flexibility index (Phi) is 7.27. The molecule has 2 rings (SSSR count). The van der Waals surface area contributed by atoms with Crippen molar-refractivity contribution >= 4 is 27.3 Å². The molecule has 9 heteroatoms. The monoisotopic (exact) mass is 400 g/mol. The van der Waals surface area contributed by atoms with E-state index in [1.165, 1.54) is 30.5 Å². The van der Waals surface area contributed by atoms with Crippen LogP contribution in [0.1, 0.15) is 4.88 Å². The summed E-state index contributed by atoms with van der Waals surface area (Å²) in [5, 5.41) is 1.92. The third-order valence-corrected chi connectivity index (χ3v) is 6.40. The molecule has 0 radical (unpaired) electrons. The second-order valence-electron chi connectivity index (χ2n) is 5.60. The predicted molar refractivity (Wildman–Crippen MR) is 97.8 cm³/mol. The summed E-state index contributed by atoms with van der Waals surface area (Å²) in [5.74, 6) is -0.854. The summed E-state index contributed by atoms with van der Waals surface area (Å²) in [7, 11) is -1.01. The van der Waals surface area contributed by atoms with Gasteiger partial charge < -0.3 is 9.64 Å². The SMILES string of the molecule is COCCN(Cc1cccs1)C(=O)CN(C)S(=O)(=O)c1ccc(F)cc1. The molecule has 0 saturated heterocycles. The summed E-state index contributed by atoms with van der Waals surface area (Å²) >= 11 is 1.52. The molecule has 0 bridgehead atoms. The van der Waals surface area contributed by atoms with Gasteiger partial charge in [-0.2, -0.15) is 4.31 Å². The van der Waals surface area contributed by atoms with Crippen LogP contribution in [0.3, 0.4) is 0 Å². The maximum atomic E-state index is 13.0. The Morgan fingerprint density at radius 2 is 1.92 bits per heavy atom. The molecule has 0 saturated carbocycles. The average Bonchev–Trinajstić information content (AvgIpc) is 3.11. The first-order chi connectivity index (χ1) is 12.3. The highest BCUT2D eigenvalue weighted by atomic mass is 32.2. The van der Waals surface area contributed by atoms with Crippen LogP contribution in [0.5, 0.6) is 0 Å². The highest BCUT2D eigenvalue weighted by Crippen LogP contribution is 2.16. The summed E-state index contributed by atoms with van der Waals surface area (Å²) in [6, 6.07) is 8.31. The van der Waals surface area contributed by atoms with Crippen molar-refractivity contribution in [3.63, 3.8) is 0 Å². The van der Waals surface area contributed by atoms with E-state index in [0.717, 1.165) is 21.3 Å². The normalized spacial score (nSPS) is 11.7. The largest absolute Gasteiger partial charge is 0.383 e. The molecule has 0 aliphatic heterocycles. The Morgan fingerprint density at radius 1 is 1.23 bits per heavy atom. The summed E-state index contributed by atoms with van der Waals surface area (Å²) in [4.78, 5) is 15.1. The molecular weight excluding hydrogens is 379 g/mol. The van der Waals surface area contributed by atoms with Crippen LogP contribution < -0.4 is 0 Å². The van der Waals surface area contributed by atoms with Gasteiger partial charge in [0.25, 0.3) is 0 Å². The summed E-state index contributed by atoms with van der Waals surface area (Å²) in [6.45, 7) is 0.794. The lowest BCUT2D eigenvalue weighted by Crippen LogP contribution is -2.42. The van der Waals surface area contributed by atoms with Gasteiger partial charge in [0, 0.05) is 25.6 Å². The zero-order chi connectivity index (χ0) is 19.2. The Bertz CT molecular complexity index is 808. The second kappa shape index (κ2) is 9.22. The minimum Gasteiger partial charge on any atom is -0.383 e. The van der Waals surface area contributed by atoms with E-state index >= 15 is 0 Å². The highest BCUT2D eigenvalue weighted by molar-refractivity contribution is 7.89. The van der Waals surface area contributed by atoms with E-state index < -0.39 is 15.8 Å². The van der Waals surface area contributed by atoms with Crippen LogP contribution >= 0.6 is 11.3 Å². The maximum absolute atomic E-state index is 13.0. The number of hydrogen-bond acceptors (Lipinski definition) is 5. The number of methoxy groups -OCH3 is 1.